The van der Waals surface area contributed by atoms with Gasteiger partial charge < -0.3 is 4.90 Å². The second-order valence-corrected chi connectivity index (χ2v) is 5.78. The van der Waals surface area contributed by atoms with Crippen LogP contribution in [0.25, 0.3) is 0 Å². The van der Waals surface area contributed by atoms with E-state index in [1.165, 1.54) is 6.26 Å². The van der Waals surface area contributed by atoms with Crippen LogP contribution < -0.4 is 0 Å². The van der Waals surface area contributed by atoms with Crippen molar-refractivity contribution in [2.24, 2.45) is 0 Å². The third kappa shape index (κ3) is 3.76. The molecule has 0 spiro atoms. The van der Waals surface area contributed by atoms with E-state index in [0.29, 0.717) is 12.4 Å². The molecule has 0 bridgehead atoms. The molecule has 0 aromatic heterocycles. The molecule has 0 amide bonds. The molecule has 1 N–H and O–H groups in total. The first-order valence-corrected chi connectivity index (χ1v) is 6.55. The maximum Gasteiger partial charge on any atom is 0.149 e. The third-order valence-corrected chi connectivity index (χ3v) is 3.13. The number of nitrogens with one attached hydrogen (secondary N) is 1. The second kappa shape index (κ2) is 4.09. The van der Waals surface area contributed by atoms with Gasteiger partial charge in [0.2, 0.25) is 0 Å². The van der Waals surface area contributed by atoms with Gasteiger partial charge in [-0.25, -0.2) is 8.42 Å². The van der Waals surface area contributed by atoms with Crippen LogP contribution in [0.5, 0.6) is 0 Å². The first-order valence-electron chi connectivity index (χ1n) is 4.49. The van der Waals surface area contributed by atoms with E-state index in [0.717, 1.165) is 25.8 Å². The molecule has 0 radical (unpaired) electrons. The Morgan fingerprint density at radius 1 is 1.46 bits per heavy atom. The Bertz CT molecular complexity index is 285. The highest BCUT2D eigenvalue weighted by Crippen LogP contribution is 2.10. The van der Waals surface area contributed by atoms with Crippen LogP contribution in [0.2, 0.25) is 0 Å². The quantitative estimate of drug-likeness (QED) is 0.728. The topological polar surface area (TPSA) is 61.2 Å². The zero-order valence-electron chi connectivity index (χ0n) is 7.91. The molecule has 1 aliphatic rings. The maximum absolute atomic E-state index is 10.9. The molecule has 0 unspecified atom stereocenters. The molecule has 4 nitrogen and oxygen atoms in total. The van der Waals surface area contributed by atoms with Gasteiger partial charge in [0, 0.05) is 25.8 Å². The molecule has 0 aromatic rings. The van der Waals surface area contributed by atoms with Crippen molar-refractivity contribution in [2.75, 3.05) is 25.1 Å². The highest BCUT2D eigenvalue weighted by atomic mass is 32.2. The lowest BCUT2D eigenvalue weighted by atomic mass is 10.1. The van der Waals surface area contributed by atoms with Crippen molar-refractivity contribution < 1.29 is 8.42 Å². The average molecular weight is 204 g/mol. The molecule has 0 aliphatic carbocycles. The number of likely N-dealkylation sites (tertiary alicyclic amines) is 1. The number of hydrogen-bond donors (Lipinski definition) is 1. The average Bonchev–Trinajstić information content (AvgIpc) is 2.01. The number of sulfone groups is 1. The first-order chi connectivity index (χ1) is 5.99. The van der Waals surface area contributed by atoms with Crippen molar-refractivity contribution in [1.29, 1.82) is 5.41 Å². The van der Waals surface area contributed by atoms with E-state index in [1.54, 1.807) is 0 Å². The predicted octanol–water partition coefficient (Wildman–Crippen LogP) is 0.494. The van der Waals surface area contributed by atoms with E-state index in [-0.39, 0.29) is 5.75 Å². The normalized spacial score (nSPS) is 19.2. The van der Waals surface area contributed by atoms with Gasteiger partial charge in [-0.15, -0.1) is 0 Å². The summed E-state index contributed by atoms with van der Waals surface area (Å²) in [6.45, 7) is 1.33. The van der Waals surface area contributed by atoms with Crippen molar-refractivity contribution in [2.45, 2.75) is 19.3 Å². The molecule has 0 atom stereocenters. The Morgan fingerprint density at radius 3 is 2.69 bits per heavy atom. The van der Waals surface area contributed by atoms with Crippen LogP contribution in [0.4, 0.5) is 0 Å². The molecule has 0 saturated carbocycles. The summed E-state index contributed by atoms with van der Waals surface area (Å²) in [6.07, 6.45) is 4.17. The highest BCUT2D eigenvalue weighted by molar-refractivity contribution is 7.90. The number of rotatable bonds is 3. The number of amidine groups is 1. The van der Waals surface area contributed by atoms with Crippen LogP contribution >= 0.6 is 0 Å². The number of nitrogens with zero attached hydrogens (tertiary/aromatic N) is 1. The Balaban J connectivity index is 2.40. The van der Waals surface area contributed by atoms with Crippen molar-refractivity contribution >= 4 is 15.7 Å². The Hall–Kier alpha value is -0.580. The van der Waals surface area contributed by atoms with Gasteiger partial charge in [0.05, 0.1) is 11.6 Å². The molecule has 1 rings (SSSR count). The molecule has 1 aliphatic heterocycles. The number of piperidine rings is 1. The van der Waals surface area contributed by atoms with E-state index in [9.17, 15) is 8.42 Å². The minimum atomic E-state index is -2.89. The number of hydrogen-bond acceptors (Lipinski definition) is 3. The largest absolute Gasteiger partial charge is 0.360 e. The van der Waals surface area contributed by atoms with E-state index in [4.69, 9.17) is 5.41 Å². The molecular formula is C8H16N2O2S. The summed E-state index contributed by atoms with van der Waals surface area (Å²) in [5, 5.41) is 7.58. The van der Waals surface area contributed by atoms with Gasteiger partial charge in [0.25, 0.3) is 0 Å². The monoisotopic (exact) mass is 204 g/mol. The summed E-state index contributed by atoms with van der Waals surface area (Å²) in [7, 11) is -2.89. The molecule has 1 heterocycles. The zero-order chi connectivity index (χ0) is 9.90. The lowest BCUT2D eigenvalue weighted by molar-refractivity contribution is 0.384. The molecule has 5 heteroatoms. The molecule has 76 valence electrons. The van der Waals surface area contributed by atoms with E-state index in [1.807, 2.05) is 4.90 Å². The van der Waals surface area contributed by atoms with Crippen LogP contribution in [-0.4, -0.2) is 44.3 Å². The van der Waals surface area contributed by atoms with Crippen molar-refractivity contribution in [3.05, 3.63) is 0 Å². The van der Waals surface area contributed by atoms with E-state index >= 15 is 0 Å². The van der Waals surface area contributed by atoms with E-state index < -0.39 is 9.84 Å². The molecule has 13 heavy (non-hydrogen) atoms. The SMILES string of the molecule is CS(=O)(=O)CCN1CCCCC1=N. The predicted molar refractivity (Wildman–Crippen MR) is 52.9 cm³/mol. The van der Waals surface area contributed by atoms with Gasteiger partial charge in [-0.3, -0.25) is 5.41 Å². The molecular weight excluding hydrogens is 188 g/mol. The van der Waals surface area contributed by atoms with Gasteiger partial charge in [0.15, 0.2) is 0 Å². The molecule has 0 aromatic carbocycles. The fraction of sp³-hybridized carbons (Fsp3) is 0.875. The van der Waals surface area contributed by atoms with Crippen LogP contribution in [0.1, 0.15) is 19.3 Å². The Kier molecular flexibility index (Phi) is 3.30. The second-order valence-electron chi connectivity index (χ2n) is 3.52. The maximum atomic E-state index is 10.9. The van der Waals surface area contributed by atoms with Gasteiger partial charge in [0.1, 0.15) is 9.84 Å². The van der Waals surface area contributed by atoms with Gasteiger partial charge in [-0.2, -0.15) is 0 Å². The van der Waals surface area contributed by atoms with Crippen molar-refractivity contribution in [3.8, 4) is 0 Å². The summed E-state index contributed by atoms with van der Waals surface area (Å²) < 4.78 is 21.8. The first kappa shape index (κ1) is 10.5. The fourth-order valence-electron chi connectivity index (χ4n) is 1.41. The van der Waals surface area contributed by atoms with Crippen LogP contribution in [0.3, 0.4) is 0 Å². The third-order valence-electron chi connectivity index (χ3n) is 2.21. The van der Waals surface area contributed by atoms with Gasteiger partial charge in [-0.1, -0.05) is 0 Å². The minimum Gasteiger partial charge on any atom is -0.360 e. The molecule has 1 fully saturated rings. The summed E-state index contributed by atoms with van der Waals surface area (Å²) >= 11 is 0. The lowest BCUT2D eigenvalue weighted by Crippen LogP contribution is -2.37. The van der Waals surface area contributed by atoms with Crippen LogP contribution in [-0.2, 0) is 9.84 Å². The van der Waals surface area contributed by atoms with Gasteiger partial charge in [-0.05, 0) is 12.8 Å². The summed E-state index contributed by atoms with van der Waals surface area (Å²) in [5.74, 6) is 0.755. The van der Waals surface area contributed by atoms with Crippen LogP contribution in [0.15, 0.2) is 0 Å². The molecule has 1 saturated heterocycles. The highest BCUT2D eigenvalue weighted by Gasteiger charge is 2.15. The summed E-state index contributed by atoms with van der Waals surface area (Å²) in [5.41, 5.74) is 0. The van der Waals surface area contributed by atoms with Crippen LogP contribution in [0, 0.1) is 5.41 Å². The zero-order valence-corrected chi connectivity index (χ0v) is 8.73. The summed E-state index contributed by atoms with van der Waals surface area (Å²) in [6, 6.07) is 0. The lowest BCUT2D eigenvalue weighted by Gasteiger charge is -2.28. The van der Waals surface area contributed by atoms with Crippen molar-refractivity contribution in [3.63, 3.8) is 0 Å². The Labute approximate surface area is 79.4 Å². The van der Waals surface area contributed by atoms with E-state index in [2.05, 4.69) is 0 Å². The fourth-order valence-corrected chi connectivity index (χ4v) is 1.96. The summed E-state index contributed by atoms with van der Waals surface area (Å²) in [4.78, 5) is 1.87. The van der Waals surface area contributed by atoms with Gasteiger partial charge >= 0.3 is 0 Å². The standard InChI is InChI=1S/C8H16N2O2S/c1-13(11,12)7-6-10-5-3-2-4-8(10)9/h9H,2-7H2,1H3. The smallest absolute Gasteiger partial charge is 0.149 e. The minimum absolute atomic E-state index is 0.162. The Morgan fingerprint density at radius 2 is 2.15 bits per heavy atom. The van der Waals surface area contributed by atoms with Crippen molar-refractivity contribution in [1.82, 2.24) is 4.90 Å².